The molecule has 6 nitrogen and oxygen atoms in total. The van der Waals surface area contributed by atoms with Crippen molar-refractivity contribution in [3.05, 3.63) is 0 Å². The summed E-state index contributed by atoms with van der Waals surface area (Å²) in [6.45, 7) is 6.23. The van der Waals surface area contributed by atoms with Gasteiger partial charge in [-0.1, -0.05) is 32.6 Å². The van der Waals surface area contributed by atoms with E-state index in [9.17, 15) is 9.59 Å². The van der Waals surface area contributed by atoms with Crippen molar-refractivity contribution in [3.8, 4) is 0 Å². The fraction of sp³-hybridized carbons (Fsp3) is 0.857. The highest BCUT2D eigenvalue weighted by Crippen LogP contribution is 2.06. The van der Waals surface area contributed by atoms with Gasteiger partial charge in [0, 0.05) is 0 Å². The first-order valence-electron chi connectivity index (χ1n) is 7.50. The highest BCUT2D eigenvalue weighted by Gasteiger charge is 2.15. The lowest BCUT2D eigenvalue weighted by Gasteiger charge is -2.19. The number of rotatable bonds is 10. The molecular weight excluding hydrogens is 260 g/mol. The Bertz CT molecular complexity index is 252. The third kappa shape index (κ3) is 10.5. The second-order valence-electron chi connectivity index (χ2n) is 4.49. The smallest absolute Gasteiger partial charge is 0.408 e. The summed E-state index contributed by atoms with van der Waals surface area (Å²) in [5.41, 5.74) is 0. The third-order valence-electron chi connectivity index (χ3n) is 2.73. The van der Waals surface area contributed by atoms with Gasteiger partial charge in [0.1, 0.15) is 6.17 Å². The van der Waals surface area contributed by atoms with Gasteiger partial charge in [-0.2, -0.15) is 0 Å². The number of carbonyl (C=O) groups is 2. The van der Waals surface area contributed by atoms with Crippen LogP contribution in [0.25, 0.3) is 0 Å². The Hall–Kier alpha value is -1.46. The van der Waals surface area contributed by atoms with Gasteiger partial charge in [-0.05, 0) is 26.7 Å². The Balaban J connectivity index is 4.10. The first-order chi connectivity index (χ1) is 9.63. The summed E-state index contributed by atoms with van der Waals surface area (Å²) in [6, 6.07) is 0. The number of unbranched alkanes of at least 4 members (excludes halogenated alkanes) is 4. The molecule has 0 saturated heterocycles. The van der Waals surface area contributed by atoms with Gasteiger partial charge in [-0.3, -0.25) is 0 Å². The van der Waals surface area contributed by atoms with Crippen molar-refractivity contribution in [3.63, 3.8) is 0 Å². The fourth-order valence-electron chi connectivity index (χ4n) is 1.76. The normalized spacial score (nSPS) is 10.2. The number of hydrogen-bond acceptors (Lipinski definition) is 4. The summed E-state index contributed by atoms with van der Waals surface area (Å²) >= 11 is 0. The van der Waals surface area contributed by atoms with Crippen LogP contribution in [0.5, 0.6) is 0 Å². The molecule has 2 N–H and O–H groups in total. The van der Waals surface area contributed by atoms with Crippen LogP contribution in [0, 0.1) is 0 Å². The summed E-state index contributed by atoms with van der Waals surface area (Å²) in [5, 5.41) is 5.25. The van der Waals surface area contributed by atoms with E-state index in [1.165, 1.54) is 19.3 Å². The van der Waals surface area contributed by atoms with E-state index in [0.717, 1.165) is 12.8 Å². The van der Waals surface area contributed by atoms with Gasteiger partial charge in [-0.25, -0.2) is 9.59 Å². The minimum absolute atomic E-state index is 0.300. The zero-order chi connectivity index (χ0) is 15.2. The average molecular weight is 288 g/mol. The number of nitrogens with one attached hydrogen (secondary N) is 2. The van der Waals surface area contributed by atoms with E-state index in [0.29, 0.717) is 19.6 Å². The van der Waals surface area contributed by atoms with Crippen molar-refractivity contribution in [2.24, 2.45) is 0 Å². The highest BCUT2D eigenvalue weighted by molar-refractivity contribution is 5.70. The molecule has 6 heteroatoms. The second kappa shape index (κ2) is 12.6. The molecular formula is C14H28N2O4. The first kappa shape index (κ1) is 18.5. The number of ether oxygens (including phenoxy) is 2. The van der Waals surface area contributed by atoms with Gasteiger partial charge < -0.3 is 20.1 Å². The quantitative estimate of drug-likeness (QED) is 0.478. The maximum atomic E-state index is 11.4. The zero-order valence-corrected chi connectivity index (χ0v) is 12.9. The lowest BCUT2D eigenvalue weighted by atomic mass is 10.1. The van der Waals surface area contributed by atoms with E-state index in [1.54, 1.807) is 13.8 Å². The van der Waals surface area contributed by atoms with Gasteiger partial charge in [0.05, 0.1) is 13.2 Å². The van der Waals surface area contributed by atoms with Crippen LogP contribution in [0.4, 0.5) is 9.59 Å². The first-order valence-corrected chi connectivity index (χ1v) is 7.50. The molecule has 0 rings (SSSR count). The van der Waals surface area contributed by atoms with Crippen molar-refractivity contribution < 1.29 is 19.1 Å². The SMILES string of the molecule is CCCCCCCC(NC(=O)OCC)NC(=O)OCC. The zero-order valence-electron chi connectivity index (χ0n) is 12.9. The van der Waals surface area contributed by atoms with Crippen LogP contribution in [-0.4, -0.2) is 31.6 Å². The number of carbonyl (C=O) groups excluding carboxylic acids is 2. The molecule has 0 aromatic carbocycles. The molecule has 0 fully saturated rings. The summed E-state index contributed by atoms with van der Waals surface area (Å²) < 4.78 is 9.63. The molecule has 0 saturated carbocycles. The van der Waals surface area contributed by atoms with Crippen molar-refractivity contribution in [2.75, 3.05) is 13.2 Å². The summed E-state index contributed by atoms with van der Waals surface area (Å²) in [6.07, 6.45) is 4.75. The maximum absolute atomic E-state index is 11.4. The molecule has 0 spiro atoms. The van der Waals surface area contributed by atoms with Gasteiger partial charge in [-0.15, -0.1) is 0 Å². The van der Waals surface area contributed by atoms with E-state index in [4.69, 9.17) is 9.47 Å². The Morgan fingerprint density at radius 2 is 1.35 bits per heavy atom. The van der Waals surface area contributed by atoms with Gasteiger partial charge in [0.15, 0.2) is 0 Å². The second-order valence-corrected chi connectivity index (χ2v) is 4.49. The van der Waals surface area contributed by atoms with E-state index in [2.05, 4.69) is 17.6 Å². The van der Waals surface area contributed by atoms with Crippen LogP contribution in [0.2, 0.25) is 0 Å². The predicted molar refractivity (Wildman–Crippen MR) is 77.5 cm³/mol. The predicted octanol–water partition coefficient (Wildman–Crippen LogP) is 3.17. The monoisotopic (exact) mass is 288 g/mol. The number of amides is 2. The molecule has 118 valence electrons. The molecule has 2 amide bonds. The van der Waals surface area contributed by atoms with E-state index in [1.807, 2.05) is 0 Å². The van der Waals surface area contributed by atoms with Crippen molar-refractivity contribution >= 4 is 12.2 Å². The molecule has 0 aliphatic rings. The summed E-state index contributed by atoms with van der Waals surface area (Å²) in [4.78, 5) is 22.8. The van der Waals surface area contributed by atoms with Crippen molar-refractivity contribution in [1.82, 2.24) is 10.6 Å². The minimum Gasteiger partial charge on any atom is -0.450 e. The molecule has 0 aliphatic heterocycles. The van der Waals surface area contributed by atoms with Crippen LogP contribution in [0.15, 0.2) is 0 Å². The molecule has 0 aromatic heterocycles. The Kier molecular flexibility index (Phi) is 11.7. The van der Waals surface area contributed by atoms with E-state index < -0.39 is 18.4 Å². The molecule has 0 bridgehead atoms. The minimum atomic E-state index is -0.525. The lowest BCUT2D eigenvalue weighted by Crippen LogP contribution is -2.48. The number of hydrogen-bond donors (Lipinski definition) is 2. The molecule has 0 aliphatic carbocycles. The van der Waals surface area contributed by atoms with E-state index >= 15 is 0 Å². The third-order valence-corrected chi connectivity index (χ3v) is 2.73. The largest absolute Gasteiger partial charge is 0.450 e. The summed E-state index contributed by atoms with van der Waals surface area (Å²) in [5.74, 6) is 0. The molecule has 0 aromatic rings. The van der Waals surface area contributed by atoms with Crippen LogP contribution in [-0.2, 0) is 9.47 Å². The average Bonchev–Trinajstić information content (AvgIpc) is 2.38. The Morgan fingerprint density at radius 1 is 0.850 bits per heavy atom. The number of alkyl carbamates (subject to hydrolysis) is 2. The standard InChI is InChI=1S/C14H28N2O4/c1-4-7-8-9-10-11-12(15-13(17)19-5-2)16-14(18)20-6-3/h12H,4-11H2,1-3H3,(H,15,17)(H,16,18). The van der Waals surface area contributed by atoms with Crippen LogP contribution in [0.3, 0.4) is 0 Å². The van der Waals surface area contributed by atoms with Crippen molar-refractivity contribution in [1.29, 1.82) is 0 Å². The highest BCUT2D eigenvalue weighted by atomic mass is 16.6. The lowest BCUT2D eigenvalue weighted by molar-refractivity contribution is 0.133. The molecule has 20 heavy (non-hydrogen) atoms. The molecule has 0 atom stereocenters. The maximum Gasteiger partial charge on any atom is 0.408 e. The fourth-order valence-corrected chi connectivity index (χ4v) is 1.76. The molecule has 0 heterocycles. The van der Waals surface area contributed by atoms with Crippen LogP contribution in [0.1, 0.15) is 59.3 Å². The van der Waals surface area contributed by atoms with Crippen LogP contribution >= 0.6 is 0 Å². The van der Waals surface area contributed by atoms with Crippen molar-refractivity contribution in [2.45, 2.75) is 65.5 Å². The topological polar surface area (TPSA) is 76.7 Å². The van der Waals surface area contributed by atoms with Gasteiger partial charge in [0.25, 0.3) is 0 Å². The Labute approximate surface area is 121 Å². The molecule has 0 unspecified atom stereocenters. The Morgan fingerprint density at radius 3 is 1.80 bits per heavy atom. The van der Waals surface area contributed by atoms with E-state index in [-0.39, 0.29) is 0 Å². The molecule has 0 radical (unpaired) electrons. The summed E-state index contributed by atoms with van der Waals surface area (Å²) in [7, 11) is 0. The van der Waals surface area contributed by atoms with Gasteiger partial charge in [0.2, 0.25) is 0 Å². The van der Waals surface area contributed by atoms with Crippen LogP contribution < -0.4 is 10.6 Å². The van der Waals surface area contributed by atoms with Gasteiger partial charge >= 0.3 is 12.2 Å².